The zero-order valence-corrected chi connectivity index (χ0v) is 14.8. The molecule has 1 unspecified atom stereocenters. The second-order valence-corrected chi connectivity index (χ2v) is 5.92. The molecule has 6 nitrogen and oxygen atoms in total. The van der Waals surface area contributed by atoms with Crippen LogP contribution in [0.2, 0.25) is 0 Å². The Kier molecular flexibility index (Phi) is 7.13. The molecule has 25 heavy (non-hydrogen) atoms. The van der Waals surface area contributed by atoms with Crippen LogP contribution in [0.25, 0.3) is 11.0 Å². The Morgan fingerprint density at radius 1 is 1.24 bits per heavy atom. The van der Waals surface area contributed by atoms with Crippen LogP contribution in [0.4, 0.5) is 0 Å². The first-order valence-corrected chi connectivity index (χ1v) is 8.81. The molecule has 1 heterocycles. The lowest BCUT2D eigenvalue weighted by molar-refractivity contribution is 0.169. The molecule has 1 aromatic heterocycles. The van der Waals surface area contributed by atoms with Gasteiger partial charge in [0.2, 0.25) is 5.75 Å². The fraction of sp³-hybridized carbons (Fsp3) is 0.526. The highest BCUT2D eigenvalue weighted by atomic mass is 16.5. The molecular weight excluding hydrogens is 324 g/mol. The van der Waals surface area contributed by atoms with E-state index in [9.17, 15) is 9.90 Å². The molecule has 138 valence electrons. The molecule has 0 aliphatic carbocycles. The minimum atomic E-state index is -0.737. The predicted octanol–water partition coefficient (Wildman–Crippen LogP) is 3.61. The van der Waals surface area contributed by atoms with E-state index < -0.39 is 5.63 Å². The maximum atomic E-state index is 12.3. The lowest BCUT2D eigenvalue weighted by atomic mass is 10.1. The van der Waals surface area contributed by atoms with Crippen molar-refractivity contribution in [2.45, 2.75) is 52.1 Å². The van der Waals surface area contributed by atoms with Crippen molar-refractivity contribution in [1.82, 2.24) is 0 Å². The zero-order valence-electron chi connectivity index (χ0n) is 14.8. The molecule has 0 amide bonds. The summed E-state index contributed by atoms with van der Waals surface area (Å²) in [6.07, 6.45) is 4.63. The molecule has 6 heteroatoms. The minimum absolute atomic E-state index is 0.0666. The summed E-state index contributed by atoms with van der Waals surface area (Å²) in [7, 11) is 0. The average Bonchev–Trinajstić information content (AvgIpc) is 2.62. The number of rotatable bonds is 10. The molecule has 0 spiro atoms. The first-order chi connectivity index (χ1) is 12.1. The van der Waals surface area contributed by atoms with Crippen molar-refractivity contribution >= 4 is 11.0 Å². The van der Waals surface area contributed by atoms with Crippen molar-refractivity contribution in [2.24, 2.45) is 0 Å². The van der Waals surface area contributed by atoms with Crippen LogP contribution in [0.1, 0.15) is 46.0 Å². The monoisotopic (exact) mass is 350 g/mol. The molecule has 0 aliphatic heterocycles. The highest BCUT2D eigenvalue weighted by Crippen LogP contribution is 2.36. The molecule has 1 aromatic carbocycles. The Hall–Kier alpha value is -2.21. The third-order valence-electron chi connectivity index (χ3n) is 4.05. The van der Waals surface area contributed by atoms with Crippen molar-refractivity contribution in [3.63, 3.8) is 0 Å². The van der Waals surface area contributed by atoms with Crippen LogP contribution < -0.4 is 15.1 Å². The third-order valence-corrected chi connectivity index (χ3v) is 4.05. The van der Waals surface area contributed by atoms with Gasteiger partial charge in [-0.2, -0.15) is 0 Å². The molecule has 0 radical (unpaired) electrons. The van der Waals surface area contributed by atoms with Gasteiger partial charge in [0.1, 0.15) is 6.61 Å². The zero-order chi connectivity index (χ0) is 18.2. The molecule has 0 fully saturated rings. The van der Waals surface area contributed by atoms with Gasteiger partial charge in [0.25, 0.3) is 0 Å². The Labute approximate surface area is 147 Å². The molecule has 1 atom stereocenters. The summed E-state index contributed by atoms with van der Waals surface area (Å²) in [6.45, 7) is 4.01. The summed E-state index contributed by atoms with van der Waals surface area (Å²) in [4.78, 5) is 12.3. The number of aliphatic hydroxyl groups is 1. The Bertz CT molecular complexity index is 737. The summed E-state index contributed by atoms with van der Waals surface area (Å²) < 4.78 is 16.4. The smallest absolute Gasteiger partial charge is 0.383 e. The molecule has 2 rings (SSSR count). The van der Waals surface area contributed by atoms with Crippen molar-refractivity contribution in [3.8, 4) is 17.2 Å². The number of para-hydroxylation sites is 1. The van der Waals surface area contributed by atoms with Crippen LogP contribution in [-0.4, -0.2) is 29.5 Å². The second kappa shape index (κ2) is 9.32. The van der Waals surface area contributed by atoms with Crippen LogP contribution in [0.5, 0.6) is 17.2 Å². The molecule has 0 bridgehead atoms. The van der Waals surface area contributed by atoms with E-state index in [0.29, 0.717) is 11.1 Å². The number of benzene rings is 1. The fourth-order valence-corrected chi connectivity index (χ4v) is 2.67. The maximum absolute atomic E-state index is 12.3. The summed E-state index contributed by atoms with van der Waals surface area (Å²) in [5, 5.41) is 19.7. The molecule has 0 aliphatic rings. The second-order valence-electron chi connectivity index (χ2n) is 5.92. The minimum Gasteiger partial charge on any atom is -0.504 e. The molecule has 0 saturated carbocycles. The average molecular weight is 350 g/mol. The first kappa shape index (κ1) is 19.1. The third kappa shape index (κ3) is 4.66. The van der Waals surface area contributed by atoms with E-state index in [-0.39, 0.29) is 36.4 Å². The number of unbranched alkanes of at least 4 members (excludes halogenated alkanes) is 2. The summed E-state index contributed by atoms with van der Waals surface area (Å²) in [6, 6.07) is 4.92. The number of aliphatic hydroxyl groups excluding tert-OH is 1. The Balaban J connectivity index is 2.33. The molecule has 0 saturated heterocycles. The van der Waals surface area contributed by atoms with Crippen LogP contribution in [-0.2, 0) is 0 Å². The standard InChI is InChI=1S/C19H26O6/c1-3-5-6-8-13(4-2)24-18-16(21)14-9-7-10-15(23-12-11-20)17(14)25-19(18)22/h7,9-10,13,20-21H,3-6,8,11-12H2,1-2H3. The largest absolute Gasteiger partial charge is 0.504 e. The van der Waals surface area contributed by atoms with Gasteiger partial charge < -0.3 is 24.1 Å². The van der Waals surface area contributed by atoms with Gasteiger partial charge in [0.05, 0.1) is 18.1 Å². The Morgan fingerprint density at radius 2 is 2.04 bits per heavy atom. The van der Waals surface area contributed by atoms with Gasteiger partial charge >= 0.3 is 5.63 Å². The first-order valence-electron chi connectivity index (χ1n) is 8.81. The highest BCUT2D eigenvalue weighted by Gasteiger charge is 2.20. The SMILES string of the molecule is CCCCCC(CC)Oc1c(O)c2cccc(OCCO)c2oc1=O. The molecule has 2 N–H and O–H groups in total. The quantitative estimate of drug-likeness (QED) is 0.503. The highest BCUT2D eigenvalue weighted by molar-refractivity contribution is 5.89. The molecule has 2 aromatic rings. The van der Waals surface area contributed by atoms with E-state index in [1.807, 2.05) is 6.92 Å². The van der Waals surface area contributed by atoms with Gasteiger partial charge in [0.15, 0.2) is 17.1 Å². The van der Waals surface area contributed by atoms with Gasteiger partial charge in [-0.3, -0.25) is 0 Å². The van der Waals surface area contributed by atoms with Crippen molar-refractivity contribution in [1.29, 1.82) is 0 Å². The van der Waals surface area contributed by atoms with E-state index in [4.69, 9.17) is 19.0 Å². The maximum Gasteiger partial charge on any atom is 0.383 e. The number of hydrogen-bond donors (Lipinski definition) is 2. The predicted molar refractivity (Wildman–Crippen MR) is 95.6 cm³/mol. The topological polar surface area (TPSA) is 89.1 Å². The van der Waals surface area contributed by atoms with Gasteiger partial charge in [-0.1, -0.05) is 32.8 Å². The fourth-order valence-electron chi connectivity index (χ4n) is 2.67. The number of fused-ring (bicyclic) bond motifs is 1. The van der Waals surface area contributed by atoms with E-state index in [1.54, 1.807) is 18.2 Å². The Morgan fingerprint density at radius 3 is 2.72 bits per heavy atom. The lowest BCUT2D eigenvalue weighted by Crippen LogP contribution is -2.19. The van der Waals surface area contributed by atoms with E-state index in [1.165, 1.54) is 0 Å². The van der Waals surface area contributed by atoms with E-state index in [2.05, 4.69) is 6.92 Å². The number of aromatic hydroxyl groups is 1. The summed E-state index contributed by atoms with van der Waals surface area (Å²) in [5.41, 5.74) is -0.594. The van der Waals surface area contributed by atoms with Gasteiger partial charge in [0, 0.05) is 0 Å². The van der Waals surface area contributed by atoms with Gasteiger partial charge in [-0.25, -0.2) is 4.79 Å². The van der Waals surface area contributed by atoms with Crippen LogP contribution in [0.3, 0.4) is 0 Å². The number of hydrogen-bond acceptors (Lipinski definition) is 6. The lowest BCUT2D eigenvalue weighted by Gasteiger charge is -2.18. The van der Waals surface area contributed by atoms with Gasteiger partial charge in [-0.15, -0.1) is 0 Å². The van der Waals surface area contributed by atoms with E-state index >= 15 is 0 Å². The summed E-state index contributed by atoms with van der Waals surface area (Å²) >= 11 is 0. The summed E-state index contributed by atoms with van der Waals surface area (Å²) in [5.74, 6) is -0.106. The van der Waals surface area contributed by atoms with Crippen molar-refractivity contribution in [3.05, 3.63) is 28.6 Å². The number of ether oxygens (including phenoxy) is 2. The van der Waals surface area contributed by atoms with Crippen LogP contribution >= 0.6 is 0 Å². The van der Waals surface area contributed by atoms with Gasteiger partial charge in [-0.05, 0) is 31.4 Å². The van der Waals surface area contributed by atoms with Crippen molar-refractivity contribution < 1.29 is 24.1 Å². The normalized spacial score (nSPS) is 12.3. The van der Waals surface area contributed by atoms with E-state index in [0.717, 1.165) is 32.1 Å². The van der Waals surface area contributed by atoms with Crippen molar-refractivity contribution in [2.75, 3.05) is 13.2 Å². The molecular formula is C19H26O6. The van der Waals surface area contributed by atoms with Crippen LogP contribution in [0, 0.1) is 0 Å². The van der Waals surface area contributed by atoms with Crippen LogP contribution in [0.15, 0.2) is 27.4 Å².